The molecule has 0 spiro atoms. The third-order valence-electron chi connectivity index (χ3n) is 2.29. The summed E-state index contributed by atoms with van der Waals surface area (Å²) in [6.07, 6.45) is 3.24. The number of nitrogens with one attached hydrogen (secondary N) is 1. The van der Waals surface area contributed by atoms with E-state index >= 15 is 0 Å². The number of halogens is 1. The van der Waals surface area contributed by atoms with E-state index in [0.717, 1.165) is 5.56 Å². The van der Waals surface area contributed by atoms with Crippen LogP contribution in [0.3, 0.4) is 0 Å². The molecule has 82 valence electrons. The van der Waals surface area contributed by atoms with Crippen molar-refractivity contribution in [1.82, 2.24) is 4.98 Å². The summed E-state index contributed by atoms with van der Waals surface area (Å²) in [6.45, 7) is 0.481. The molecule has 4 heteroatoms. The molecule has 3 N–H and O–H groups in total. The Labute approximate surface area is 93.1 Å². The van der Waals surface area contributed by atoms with E-state index < -0.39 is 0 Å². The van der Waals surface area contributed by atoms with E-state index in [0.29, 0.717) is 17.9 Å². The van der Waals surface area contributed by atoms with Gasteiger partial charge in [-0.15, -0.1) is 0 Å². The number of nitrogens with two attached hydrogens (primary N) is 1. The molecule has 0 saturated carbocycles. The van der Waals surface area contributed by atoms with Gasteiger partial charge in [-0.3, -0.25) is 4.98 Å². The number of nitrogens with zero attached hydrogens (tertiary/aromatic N) is 1. The van der Waals surface area contributed by atoms with E-state index in [2.05, 4.69) is 10.3 Å². The van der Waals surface area contributed by atoms with Crippen molar-refractivity contribution in [2.45, 2.75) is 6.54 Å². The molecule has 0 radical (unpaired) electrons. The number of pyridine rings is 1. The van der Waals surface area contributed by atoms with E-state index in [1.54, 1.807) is 30.6 Å². The van der Waals surface area contributed by atoms with E-state index in [1.165, 1.54) is 6.07 Å². The third-order valence-corrected chi connectivity index (χ3v) is 2.29. The molecule has 0 amide bonds. The van der Waals surface area contributed by atoms with Gasteiger partial charge in [0.15, 0.2) is 0 Å². The fourth-order valence-electron chi connectivity index (χ4n) is 1.39. The minimum absolute atomic E-state index is 0.268. The van der Waals surface area contributed by atoms with Crippen LogP contribution in [0.4, 0.5) is 15.8 Å². The lowest BCUT2D eigenvalue weighted by Gasteiger charge is -2.08. The maximum atomic E-state index is 13.3. The van der Waals surface area contributed by atoms with Crippen molar-refractivity contribution in [2.24, 2.45) is 0 Å². The van der Waals surface area contributed by atoms with Crippen molar-refractivity contribution in [3.8, 4) is 0 Å². The van der Waals surface area contributed by atoms with Crippen molar-refractivity contribution in [3.63, 3.8) is 0 Å². The molecule has 0 unspecified atom stereocenters. The quantitative estimate of drug-likeness (QED) is 0.830. The van der Waals surface area contributed by atoms with Gasteiger partial charge in [-0.25, -0.2) is 4.39 Å². The second kappa shape index (κ2) is 4.61. The van der Waals surface area contributed by atoms with Crippen LogP contribution in [0.5, 0.6) is 0 Å². The summed E-state index contributed by atoms with van der Waals surface area (Å²) in [4.78, 5) is 3.89. The number of rotatable bonds is 3. The molecule has 1 aromatic carbocycles. The predicted octanol–water partition coefficient (Wildman–Crippen LogP) is 2.42. The second-order valence-electron chi connectivity index (χ2n) is 3.41. The minimum Gasteiger partial charge on any atom is -0.397 e. The first-order valence-electron chi connectivity index (χ1n) is 4.94. The smallest absolute Gasteiger partial charge is 0.146 e. The summed E-state index contributed by atoms with van der Waals surface area (Å²) in [5.41, 5.74) is 7.70. The molecule has 1 heterocycles. The number of hydrogen-bond donors (Lipinski definition) is 2. The molecule has 0 saturated heterocycles. The van der Waals surface area contributed by atoms with Crippen LogP contribution >= 0.6 is 0 Å². The first kappa shape index (κ1) is 10.4. The van der Waals surface area contributed by atoms with Gasteiger partial charge >= 0.3 is 0 Å². The number of anilines is 2. The van der Waals surface area contributed by atoms with E-state index in [9.17, 15) is 4.39 Å². The van der Waals surface area contributed by atoms with Gasteiger partial charge in [-0.05, 0) is 23.8 Å². The monoisotopic (exact) mass is 217 g/mol. The Morgan fingerprint density at radius 3 is 2.81 bits per heavy atom. The Morgan fingerprint density at radius 2 is 2.06 bits per heavy atom. The number of aromatic nitrogens is 1. The molecular formula is C12H12FN3. The molecule has 3 nitrogen and oxygen atoms in total. The average molecular weight is 217 g/mol. The number of benzene rings is 1. The van der Waals surface area contributed by atoms with Gasteiger partial charge < -0.3 is 11.1 Å². The zero-order valence-electron chi connectivity index (χ0n) is 8.65. The van der Waals surface area contributed by atoms with E-state index in [-0.39, 0.29) is 5.82 Å². The lowest BCUT2D eigenvalue weighted by Crippen LogP contribution is -2.04. The van der Waals surface area contributed by atoms with Gasteiger partial charge in [0.1, 0.15) is 5.82 Å². The van der Waals surface area contributed by atoms with Gasteiger partial charge in [0.2, 0.25) is 0 Å². The first-order valence-corrected chi connectivity index (χ1v) is 4.94. The zero-order chi connectivity index (χ0) is 11.4. The average Bonchev–Trinajstić information content (AvgIpc) is 2.30. The third kappa shape index (κ3) is 2.28. The fourth-order valence-corrected chi connectivity index (χ4v) is 1.39. The molecular weight excluding hydrogens is 205 g/mol. The lowest BCUT2D eigenvalue weighted by atomic mass is 10.2. The summed E-state index contributed by atoms with van der Waals surface area (Å²) in [5.74, 6) is -0.268. The van der Waals surface area contributed by atoms with Crippen LogP contribution in [-0.2, 0) is 6.54 Å². The second-order valence-corrected chi connectivity index (χ2v) is 3.41. The van der Waals surface area contributed by atoms with Crippen LogP contribution < -0.4 is 11.1 Å². The number of hydrogen-bond acceptors (Lipinski definition) is 3. The molecule has 0 fully saturated rings. The Bertz CT molecular complexity index is 440. The standard InChI is InChI=1S/C12H12FN3/c13-10-3-1-2-4-12(10)16-7-9-5-6-15-8-11(9)14/h1-6,8,16H,7,14H2. The summed E-state index contributed by atoms with van der Waals surface area (Å²) < 4.78 is 13.3. The van der Waals surface area contributed by atoms with E-state index in [4.69, 9.17) is 5.73 Å². The van der Waals surface area contributed by atoms with Gasteiger partial charge in [-0.1, -0.05) is 12.1 Å². The topological polar surface area (TPSA) is 50.9 Å². The molecule has 2 aromatic rings. The highest BCUT2D eigenvalue weighted by Gasteiger charge is 2.01. The maximum absolute atomic E-state index is 13.3. The molecule has 0 aliphatic heterocycles. The molecule has 16 heavy (non-hydrogen) atoms. The van der Waals surface area contributed by atoms with Gasteiger partial charge in [0, 0.05) is 12.7 Å². The highest BCUT2D eigenvalue weighted by atomic mass is 19.1. The molecule has 0 bridgehead atoms. The van der Waals surface area contributed by atoms with Crippen molar-refractivity contribution in [1.29, 1.82) is 0 Å². The number of para-hydroxylation sites is 1. The van der Waals surface area contributed by atoms with E-state index in [1.807, 2.05) is 6.07 Å². The number of nitrogen functional groups attached to an aromatic ring is 1. The normalized spacial score (nSPS) is 10.1. The van der Waals surface area contributed by atoms with Crippen molar-refractivity contribution < 1.29 is 4.39 Å². The Hall–Kier alpha value is -2.10. The Kier molecular flexibility index (Phi) is 3.00. The van der Waals surface area contributed by atoms with Gasteiger partial charge in [0.05, 0.1) is 17.6 Å². The van der Waals surface area contributed by atoms with Gasteiger partial charge in [-0.2, -0.15) is 0 Å². The van der Waals surface area contributed by atoms with Crippen molar-refractivity contribution in [2.75, 3.05) is 11.1 Å². The largest absolute Gasteiger partial charge is 0.397 e. The highest BCUT2D eigenvalue weighted by molar-refractivity contribution is 5.49. The van der Waals surface area contributed by atoms with Crippen molar-refractivity contribution >= 4 is 11.4 Å². The van der Waals surface area contributed by atoms with Crippen LogP contribution in [-0.4, -0.2) is 4.98 Å². The molecule has 0 aliphatic rings. The lowest BCUT2D eigenvalue weighted by molar-refractivity contribution is 0.630. The summed E-state index contributed by atoms with van der Waals surface area (Å²) in [5, 5.41) is 2.99. The minimum atomic E-state index is -0.268. The molecule has 1 aromatic heterocycles. The summed E-state index contributed by atoms with van der Waals surface area (Å²) in [6, 6.07) is 8.34. The zero-order valence-corrected chi connectivity index (χ0v) is 8.65. The molecule has 0 atom stereocenters. The van der Waals surface area contributed by atoms with Crippen LogP contribution in [0.1, 0.15) is 5.56 Å². The highest BCUT2D eigenvalue weighted by Crippen LogP contribution is 2.15. The predicted molar refractivity (Wildman–Crippen MR) is 62.4 cm³/mol. The SMILES string of the molecule is Nc1cnccc1CNc1ccccc1F. The Morgan fingerprint density at radius 1 is 1.25 bits per heavy atom. The van der Waals surface area contributed by atoms with Crippen LogP contribution in [0, 0.1) is 5.82 Å². The van der Waals surface area contributed by atoms with Crippen molar-refractivity contribution in [3.05, 3.63) is 54.1 Å². The Balaban J connectivity index is 2.09. The van der Waals surface area contributed by atoms with Gasteiger partial charge in [0.25, 0.3) is 0 Å². The van der Waals surface area contributed by atoms with Crippen LogP contribution in [0.2, 0.25) is 0 Å². The summed E-state index contributed by atoms with van der Waals surface area (Å²) >= 11 is 0. The van der Waals surface area contributed by atoms with Crippen LogP contribution in [0.25, 0.3) is 0 Å². The molecule has 0 aliphatic carbocycles. The molecule has 2 rings (SSSR count). The maximum Gasteiger partial charge on any atom is 0.146 e. The van der Waals surface area contributed by atoms with Crippen LogP contribution in [0.15, 0.2) is 42.7 Å². The first-order chi connectivity index (χ1) is 7.77. The summed E-state index contributed by atoms with van der Waals surface area (Å²) in [7, 11) is 0. The fraction of sp³-hybridized carbons (Fsp3) is 0.0833.